The second-order valence-electron chi connectivity index (χ2n) is 6.82. The van der Waals surface area contributed by atoms with E-state index in [0.717, 1.165) is 19.0 Å². The van der Waals surface area contributed by atoms with Gasteiger partial charge < -0.3 is 10.6 Å². The third-order valence-electron chi connectivity index (χ3n) is 4.84. The number of sulfone groups is 1. The van der Waals surface area contributed by atoms with Gasteiger partial charge in [0.1, 0.15) is 0 Å². The Morgan fingerprint density at radius 3 is 2.52 bits per heavy atom. The van der Waals surface area contributed by atoms with Crippen LogP contribution in [0.15, 0.2) is 47.7 Å². The van der Waals surface area contributed by atoms with Crippen molar-refractivity contribution >= 4 is 39.8 Å². The van der Waals surface area contributed by atoms with Crippen LogP contribution < -0.4 is 10.6 Å². The first-order valence-corrected chi connectivity index (χ1v) is 11.3. The molecule has 0 aliphatic carbocycles. The molecule has 0 atom stereocenters. The lowest BCUT2D eigenvalue weighted by Crippen LogP contribution is -2.45. The molecule has 10 heteroatoms. The van der Waals surface area contributed by atoms with Crippen LogP contribution in [-0.4, -0.2) is 73.8 Å². The predicted octanol–water partition coefficient (Wildman–Crippen LogP) is 0.945. The Bertz CT molecular complexity index is 872. The molecule has 2 N–H and O–H groups in total. The number of benzene rings is 1. The molecule has 8 nitrogen and oxygen atoms in total. The number of hydrogen-bond acceptors (Lipinski definition) is 5. The number of aliphatic imine (C=N–C) groups is 1. The van der Waals surface area contributed by atoms with Crippen LogP contribution in [0.4, 0.5) is 0 Å². The molecule has 2 heterocycles. The Hall–Kier alpha value is -1.66. The molecule has 1 aliphatic rings. The van der Waals surface area contributed by atoms with Gasteiger partial charge in [-0.2, -0.15) is 5.10 Å². The molecule has 3 rings (SSSR count). The number of halogens is 1. The monoisotopic (exact) mass is 532 g/mol. The summed E-state index contributed by atoms with van der Waals surface area (Å²) in [5.74, 6) is 1.25. The van der Waals surface area contributed by atoms with Crippen molar-refractivity contribution in [3.8, 4) is 0 Å². The van der Waals surface area contributed by atoms with E-state index in [1.54, 1.807) is 13.2 Å². The van der Waals surface area contributed by atoms with Crippen molar-refractivity contribution in [2.45, 2.75) is 13.1 Å². The fourth-order valence-corrected chi connectivity index (χ4v) is 4.44. The first kappa shape index (κ1) is 23.6. The number of hydrogen-bond donors (Lipinski definition) is 2. The first-order valence-electron chi connectivity index (χ1n) is 9.47. The van der Waals surface area contributed by atoms with Gasteiger partial charge in [0, 0.05) is 52.2 Å². The normalized spacial score (nSPS) is 16.8. The number of nitrogens with zero attached hydrogens (tertiary/aromatic N) is 4. The van der Waals surface area contributed by atoms with Gasteiger partial charge in [-0.1, -0.05) is 24.3 Å². The number of nitrogens with one attached hydrogen (secondary N) is 2. The predicted molar refractivity (Wildman–Crippen MR) is 126 cm³/mol. The SMILES string of the molecule is CN=C(NCCN1CCS(=O)(=O)CC1)NCc1ccccc1Cn1cccn1.I. The summed E-state index contributed by atoms with van der Waals surface area (Å²) in [6.45, 7) is 4.13. The minimum absolute atomic E-state index is 0. The minimum Gasteiger partial charge on any atom is -0.355 e. The fraction of sp³-hybridized carbons (Fsp3) is 0.474. The summed E-state index contributed by atoms with van der Waals surface area (Å²) < 4.78 is 24.9. The third-order valence-corrected chi connectivity index (χ3v) is 6.45. The lowest BCUT2D eigenvalue weighted by atomic mass is 10.1. The van der Waals surface area contributed by atoms with E-state index in [4.69, 9.17) is 0 Å². The maximum absolute atomic E-state index is 11.5. The average Bonchev–Trinajstić information content (AvgIpc) is 3.20. The molecule has 1 aromatic heterocycles. The van der Waals surface area contributed by atoms with Crippen molar-refractivity contribution in [3.05, 3.63) is 53.9 Å². The molecule has 1 aromatic carbocycles. The van der Waals surface area contributed by atoms with Crippen LogP contribution in [0.1, 0.15) is 11.1 Å². The van der Waals surface area contributed by atoms with Gasteiger partial charge in [-0.25, -0.2) is 8.42 Å². The molecule has 2 aromatic rings. The largest absolute Gasteiger partial charge is 0.355 e. The van der Waals surface area contributed by atoms with E-state index in [9.17, 15) is 8.42 Å². The van der Waals surface area contributed by atoms with E-state index in [2.05, 4.69) is 37.8 Å². The molecule has 0 amide bonds. The molecule has 0 spiro atoms. The van der Waals surface area contributed by atoms with Crippen LogP contribution in [-0.2, 0) is 22.9 Å². The van der Waals surface area contributed by atoms with Gasteiger partial charge in [0.2, 0.25) is 0 Å². The summed E-state index contributed by atoms with van der Waals surface area (Å²) in [5, 5.41) is 10.9. The zero-order valence-corrected chi connectivity index (χ0v) is 19.8. The van der Waals surface area contributed by atoms with E-state index >= 15 is 0 Å². The van der Waals surface area contributed by atoms with Gasteiger partial charge in [0.15, 0.2) is 15.8 Å². The van der Waals surface area contributed by atoms with E-state index in [1.165, 1.54) is 11.1 Å². The van der Waals surface area contributed by atoms with Crippen molar-refractivity contribution in [3.63, 3.8) is 0 Å². The summed E-state index contributed by atoms with van der Waals surface area (Å²) in [7, 11) is -1.08. The Balaban J connectivity index is 0.00000300. The fourth-order valence-electron chi connectivity index (χ4n) is 3.16. The summed E-state index contributed by atoms with van der Waals surface area (Å²) in [6, 6.07) is 10.2. The minimum atomic E-state index is -2.83. The highest BCUT2D eigenvalue weighted by Gasteiger charge is 2.20. The number of aromatic nitrogens is 2. The molecule has 0 unspecified atom stereocenters. The van der Waals surface area contributed by atoms with Gasteiger partial charge in [0.05, 0.1) is 18.1 Å². The maximum Gasteiger partial charge on any atom is 0.191 e. The lowest BCUT2D eigenvalue weighted by Gasteiger charge is -2.26. The highest BCUT2D eigenvalue weighted by atomic mass is 127. The molecular weight excluding hydrogens is 503 g/mol. The van der Waals surface area contributed by atoms with Crippen LogP contribution in [0.3, 0.4) is 0 Å². The second-order valence-corrected chi connectivity index (χ2v) is 9.12. The van der Waals surface area contributed by atoms with Crippen LogP contribution in [0, 0.1) is 0 Å². The second kappa shape index (κ2) is 11.5. The van der Waals surface area contributed by atoms with E-state index in [1.807, 2.05) is 29.1 Å². The van der Waals surface area contributed by atoms with Crippen LogP contribution in [0.25, 0.3) is 0 Å². The van der Waals surface area contributed by atoms with Gasteiger partial charge >= 0.3 is 0 Å². The first-order chi connectivity index (χ1) is 13.6. The summed E-state index contributed by atoms with van der Waals surface area (Å²) in [6.07, 6.45) is 3.74. The van der Waals surface area contributed by atoms with E-state index in [-0.39, 0.29) is 35.5 Å². The molecule has 160 valence electrons. The van der Waals surface area contributed by atoms with E-state index in [0.29, 0.717) is 26.2 Å². The lowest BCUT2D eigenvalue weighted by molar-refractivity contribution is 0.299. The zero-order valence-electron chi connectivity index (χ0n) is 16.6. The molecule has 1 aliphatic heterocycles. The average molecular weight is 532 g/mol. The molecule has 0 radical (unpaired) electrons. The van der Waals surface area contributed by atoms with Crippen molar-refractivity contribution in [2.24, 2.45) is 4.99 Å². The van der Waals surface area contributed by atoms with Crippen LogP contribution in [0.2, 0.25) is 0 Å². The number of guanidine groups is 1. The summed E-state index contributed by atoms with van der Waals surface area (Å²) in [5.41, 5.74) is 2.41. The van der Waals surface area contributed by atoms with Crippen LogP contribution in [0.5, 0.6) is 0 Å². The Morgan fingerprint density at radius 2 is 1.86 bits per heavy atom. The molecule has 1 saturated heterocycles. The summed E-state index contributed by atoms with van der Waals surface area (Å²) in [4.78, 5) is 6.44. The topological polar surface area (TPSA) is 91.6 Å². The Labute approximate surface area is 189 Å². The van der Waals surface area contributed by atoms with E-state index < -0.39 is 9.84 Å². The van der Waals surface area contributed by atoms with Crippen molar-refractivity contribution in [2.75, 3.05) is 44.7 Å². The Morgan fingerprint density at radius 1 is 1.14 bits per heavy atom. The smallest absolute Gasteiger partial charge is 0.191 e. The summed E-state index contributed by atoms with van der Waals surface area (Å²) >= 11 is 0. The van der Waals surface area contributed by atoms with Gasteiger partial charge in [-0.15, -0.1) is 24.0 Å². The molecule has 0 bridgehead atoms. The van der Waals surface area contributed by atoms with Crippen LogP contribution >= 0.6 is 24.0 Å². The van der Waals surface area contributed by atoms with Crippen molar-refractivity contribution < 1.29 is 8.42 Å². The molecule has 0 saturated carbocycles. The number of rotatable bonds is 7. The maximum atomic E-state index is 11.5. The molecular formula is C19H29IN6O2S. The highest BCUT2D eigenvalue weighted by molar-refractivity contribution is 14.0. The van der Waals surface area contributed by atoms with Crippen molar-refractivity contribution in [1.82, 2.24) is 25.3 Å². The van der Waals surface area contributed by atoms with Gasteiger partial charge in [-0.3, -0.25) is 14.6 Å². The zero-order chi connectivity index (χ0) is 19.8. The van der Waals surface area contributed by atoms with Crippen molar-refractivity contribution in [1.29, 1.82) is 0 Å². The molecule has 29 heavy (non-hydrogen) atoms. The quantitative estimate of drug-likeness (QED) is 0.314. The van der Waals surface area contributed by atoms with Gasteiger partial charge in [0.25, 0.3) is 0 Å². The standard InChI is InChI=1S/C19H28N6O2S.HI/c1-20-19(21-8-10-24-11-13-28(26,27)14-12-24)22-15-17-5-2-3-6-18(17)16-25-9-4-7-23-25;/h2-7,9H,8,10-16H2,1H3,(H2,20,21,22);1H. The third kappa shape index (κ3) is 7.59. The Kier molecular flexibility index (Phi) is 9.37. The van der Waals surface area contributed by atoms with Gasteiger partial charge in [-0.05, 0) is 17.2 Å². The molecule has 1 fully saturated rings. The highest BCUT2D eigenvalue weighted by Crippen LogP contribution is 2.10.